The van der Waals surface area contributed by atoms with Crippen LogP contribution in [-0.4, -0.2) is 7.11 Å². The molecule has 16 heavy (non-hydrogen) atoms. The van der Waals surface area contributed by atoms with Crippen molar-refractivity contribution in [2.24, 2.45) is 0 Å². The number of rotatable bonds is 8. The first-order valence-electron chi connectivity index (χ1n) is 5.91. The molecule has 0 fully saturated rings. The minimum atomic E-state index is 0.916. The normalized spacial score (nSPS) is 12.4. The van der Waals surface area contributed by atoms with Gasteiger partial charge in [0.1, 0.15) is 5.76 Å². The van der Waals surface area contributed by atoms with E-state index in [9.17, 15) is 0 Å². The molecule has 1 heteroatoms. The Bertz CT molecular complexity index is 282. The summed E-state index contributed by atoms with van der Waals surface area (Å²) in [5.41, 5.74) is 2.49. The lowest BCUT2D eigenvalue weighted by atomic mass is 10.0. The largest absolute Gasteiger partial charge is 0.497 e. The van der Waals surface area contributed by atoms with E-state index in [0.29, 0.717) is 0 Å². The van der Waals surface area contributed by atoms with Crippen LogP contribution in [0.5, 0.6) is 0 Å². The molecule has 1 nitrogen and oxygen atoms in total. The van der Waals surface area contributed by atoms with Crippen LogP contribution in [0.15, 0.2) is 48.3 Å². The van der Waals surface area contributed by atoms with Crippen molar-refractivity contribution in [3.63, 3.8) is 0 Å². The maximum Gasteiger partial charge on any atom is 0.115 e. The maximum absolute atomic E-state index is 5.27. The smallest absolute Gasteiger partial charge is 0.115 e. The van der Waals surface area contributed by atoms with Crippen LogP contribution in [0, 0.1) is 0 Å². The van der Waals surface area contributed by atoms with Crippen molar-refractivity contribution in [3.8, 4) is 0 Å². The summed E-state index contributed by atoms with van der Waals surface area (Å²) in [7, 11) is 1.70. The van der Waals surface area contributed by atoms with Gasteiger partial charge >= 0.3 is 0 Å². The summed E-state index contributed by atoms with van der Waals surface area (Å²) >= 11 is 0. The molecule has 0 rings (SSSR count). The minimum Gasteiger partial charge on any atom is -0.497 e. The molecular formula is C15H24O. The molecular weight excluding hydrogens is 196 g/mol. The first kappa shape index (κ1) is 14.8. The Labute approximate surface area is 100 Å². The van der Waals surface area contributed by atoms with Crippen molar-refractivity contribution in [3.05, 3.63) is 48.3 Å². The average Bonchev–Trinajstić information content (AvgIpc) is 2.32. The van der Waals surface area contributed by atoms with Crippen molar-refractivity contribution in [1.82, 2.24) is 0 Å². The number of hydrogen-bond donors (Lipinski definition) is 0. The highest BCUT2D eigenvalue weighted by atomic mass is 16.5. The monoisotopic (exact) mass is 220 g/mol. The van der Waals surface area contributed by atoms with E-state index in [1.54, 1.807) is 7.11 Å². The predicted molar refractivity (Wildman–Crippen MR) is 72.3 cm³/mol. The lowest BCUT2D eigenvalue weighted by Crippen LogP contribution is -1.88. The molecule has 0 spiro atoms. The molecule has 0 aliphatic rings. The highest BCUT2D eigenvalue weighted by Gasteiger charge is 1.97. The van der Waals surface area contributed by atoms with Crippen LogP contribution in [0.4, 0.5) is 0 Å². The third kappa shape index (κ3) is 6.28. The Morgan fingerprint density at radius 2 is 1.94 bits per heavy atom. The zero-order valence-electron chi connectivity index (χ0n) is 10.9. The fraction of sp³-hybridized carbons (Fsp3) is 0.467. The summed E-state index contributed by atoms with van der Waals surface area (Å²) < 4.78 is 5.27. The molecule has 0 atom stereocenters. The van der Waals surface area contributed by atoms with Gasteiger partial charge in [0.15, 0.2) is 0 Å². The molecule has 0 aliphatic carbocycles. The van der Waals surface area contributed by atoms with Crippen LogP contribution in [-0.2, 0) is 4.74 Å². The van der Waals surface area contributed by atoms with Crippen LogP contribution >= 0.6 is 0 Å². The second kappa shape index (κ2) is 9.02. The van der Waals surface area contributed by atoms with E-state index in [-0.39, 0.29) is 0 Å². The van der Waals surface area contributed by atoms with E-state index in [4.69, 9.17) is 4.74 Å². The summed E-state index contributed by atoms with van der Waals surface area (Å²) in [6.07, 6.45) is 10.1. The van der Waals surface area contributed by atoms with Crippen molar-refractivity contribution in [2.75, 3.05) is 7.11 Å². The molecule has 0 aromatic heterocycles. The quantitative estimate of drug-likeness (QED) is 0.325. The van der Waals surface area contributed by atoms with E-state index >= 15 is 0 Å². The zero-order valence-corrected chi connectivity index (χ0v) is 10.9. The van der Waals surface area contributed by atoms with Gasteiger partial charge in [0.2, 0.25) is 0 Å². The molecule has 0 N–H and O–H groups in total. The van der Waals surface area contributed by atoms with Gasteiger partial charge in [-0.25, -0.2) is 0 Å². The van der Waals surface area contributed by atoms with Gasteiger partial charge in [0, 0.05) is 0 Å². The van der Waals surface area contributed by atoms with Gasteiger partial charge < -0.3 is 4.74 Å². The van der Waals surface area contributed by atoms with Crippen LogP contribution in [0.1, 0.15) is 39.5 Å². The van der Waals surface area contributed by atoms with Gasteiger partial charge in [-0.3, -0.25) is 0 Å². The Kier molecular flexibility index (Phi) is 8.32. The molecule has 0 aromatic rings. The van der Waals surface area contributed by atoms with Gasteiger partial charge in [0.25, 0.3) is 0 Å². The van der Waals surface area contributed by atoms with Crippen LogP contribution in [0.3, 0.4) is 0 Å². The number of hydrogen-bond acceptors (Lipinski definition) is 1. The maximum atomic E-state index is 5.27. The van der Waals surface area contributed by atoms with E-state index in [2.05, 4.69) is 39.2 Å². The Morgan fingerprint density at radius 3 is 2.38 bits per heavy atom. The molecule has 90 valence electrons. The number of allylic oxidation sites excluding steroid dienone is 5. The summed E-state index contributed by atoms with van der Waals surface area (Å²) in [6.45, 7) is 12.1. The van der Waals surface area contributed by atoms with Gasteiger partial charge in [-0.2, -0.15) is 0 Å². The van der Waals surface area contributed by atoms with Gasteiger partial charge in [-0.05, 0) is 43.4 Å². The first-order valence-corrected chi connectivity index (χ1v) is 5.91. The molecule has 0 amide bonds. The molecule has 0 saturated heterocycles. The van der Waals surface area contributed by atoms with Crippen LogP contribution in [0.2, 0.25) is 0 Å². The molecule has 0 aliphatic heterocycles. The second-order valence-electron chi connectivity index (χ2n) is 3.75. The van der Waals surface area contributed by atoms with Gasteiger partial charge in [-0.1, -0.05) is 38.7 Å². The van der Waals surface area contributed by atoms with Crippen molar-refractivity contribution in [1.29, 1.82) is 0 Å². The van der Waals surface area contributed by atoms with Crippen LogP contribution < -0.4 is 0 Å². The van der Waals surface area contributed by atoms with Gasteiger partial charge in [-0.15, -0.1) is 0 Å². The van der Waals surface area contributed by atoms with Crippen molar-refractivity contribution < 1.29 is 4.74 Å². The third-order valence-corrected chi connectivity index (χ3v) is 2.50. The van der Waals surface area contributed by atoms with Crippen molar-refractivity contribution in [2.45, 2.75) is 39.5 Å². The SMILES string of the molecule is C=C/C(=C\C(=C/CC)OC)CCC(=C)CC. The molecule has 0 aromatic carbocycles. The lowest BCUT2D eigenvalue weighted by Gasteiger charge is -2.06. The first-order chi connectivity index (χ1) is 7.67. The predicted octanol–water partition coefficient (Wildman–Crippen LogP) is 4.79. The molecule has 0 saturated carbocycles. The van der Waals surface area contributed by atoms with E-state index in [1.165, 1.54) is 11.1 Å². The summed E-state index contributed by atoms with van der Waals surface area (Å²) in [5.74, 6) is 0.916. The standard InChI is InChI=1S/C15H24O/c1-6-9-15(16-5)12-14(8-3)11-10-13(4)7-2/h8-9,12H,3-4,6-7,10-11H2,1-2,5H3/b14-12+,15-9+. The lowest BCUT2D eigenvalue weighted by molar-refractivity contribution is 0.305. The van der Waals surface area contributed by atoms with Crippen LogP contribution in [0.25, 0.3) is 0 Å². The van der Waals surface area contributed by atoms with E-state index < -0.39 is 0 Å². The summed E-state index contributed by atoms with van der Waals surface area (Å²) in [6, 6.07) is 0. The Balaban J connectivity index is 4.46. The van der Waals surface area contributed by atoms with Gasteiger partial charge in [0.05, 0.1) is 7.11 Å². The summed E-state index contributed by atoms with van der Waals surface area (Å²) in [5, 5.41) is 0. The Hall–Kier alpha value is -1.24. The number of methoxy groups -OCH3 is 1. The topological polar surface area (TPSA) is 9.23 Å². The average molecular weight is 220 g/mol. The van der Waals surface area contributed by atoms with Crippen molar-refractivity contribution >= 4 is 0 Å². The van der Waals surface area contributed by atoms with E-state index in [1.807, 2.05) is 6.08 Å². The fourth-order valence-corrected chi connectivity index (χ4v) is 1.32. The number of ether oxygens (including phenoxy) is 1. The minimum absolute atomic E-state index is 0.916. The Morgan fingerprint density at radius 1 is 1.25 bits per heavy atom. The second-order valence-corrected chi connectivity index (χ2v) is 3.75. The highest BCUT2D eigenvalue weighted by molar-refractivity contribution is 5.26. The zero-order chi connectivity index (χ0) is 12.4. The third-order valence-electron chi connectivity index (χ3n) is 2.50. The molecule has 0 radical (unpaired) electrons. The van der Waals surface area contributed by atoms with E-state index in [0.717, 1.165) is 31.4 Å². The molecule has 0 bridgehead atoms. The summed E-state index contributed by atoms with van der Waals surface area (Å²) in [4.78, 5) is 0. The highest BCUT2D eigenvalue weighted by Crippen LogP contribution is 2.15. The molecule has 0 heterocycles. The fourth-order valence-electron chi connectivity index (χ4n) is 1.32. The molecule has 0 unspecified atom stereocenters.